The Hall–Kier alpha value is -3.13. The molecule has 0 aliphatic rings. The van der Waals surface area contributed by atoms with Crippen molar-refractivity contribution in [3.8, 4) is 5.75 Å². The number of hydrogen-bond donors (Lipinski definition) is 1. The number of benzene rings is 2. The summed E-state index contributed by atoms with van der Waals surface area (Å²) >= 11 is 6.01. The highest BCUT2D eigenvalue weighted by Crippen LogP contribution is 2.26. The molecule has 0 heterocycles. The molecule has 0 unspecified atom stereocenters. The molecule has 0 aliphatic heterocycles. The number of nitrogens with one attached hydrogen (secondary N) is 1. The van der Waals surface area contributed by atoms with Crippen molar-refractivity contribution in [2.75, 3.05) is 19.0 Å². The summed E-state index contributed by atoms with van der Waals surface area (Å²) in [6.07, 6.45) is 0. The first-order valence-electron chi connectivity index (χ1n) is 7.37. The first kappa shape index (κ1) is 19.2. The maximum absolute atomic E-state index is 12.0. The van der Waals surface area contributed by atoms with Gasteiger partial charge in [0.25, 0.3) is 11.6 Å². The van der Waals surface area contributed by atoms with E-state index in [0.717, 1.165) is 0 Å². The normalized spacial score (nSPS) is 10.1. The number of carbonyl (C=O) groups excluding carboxylic acids is 2. The van der Waals surface area contributed by atoms with Gasteiger partial charge in [-0.15, -0.1) is 0 Å². The van der Waals surface area contributed by atoms with Crippen LogP contribution in [0.2, 0.25) is 5.02 Å². The minimum atomic E-state index is -0.544. The van der Waals surface area contributed by atoms with Crippen molar-refractivity contribution in [2.45, 2.75) is 6.92 Å². The molecule has 0 radical (unpaired) electrons. The Bertz CT molecular complexity index is 868. The highest BCUT2D eigenvalue weighted by molar-refractivity contribution is 6.32. The van der Waals surface area contributed by atoms with Gasteiger partial charge in [0.1, 0.15) is 5.75 Å². The van der Waals surface area contributed by atoms with Crippen LogP contribution in [0.4, 0.5) is 11.4 Å². The van der Waals surface area contributed by atoms with Crippen LogP contribution in [0.25, 0.3) is 0 Å². The second kappa shape index (κ2) is 8.30. The molecule has 8 nitrogen and oxygen atoms in total. The highest BCUT2D eigenvalue weighted by Gasteiger charge is 2.14. The fourth-order valence-corrected chi connectivity index (χ4v) is 2.32. The van der Waals surface area contributed by atoms with Crippen LogP contribution in [-0.2, 0) is 9.53 Å². The van der Waals surface area contributed by atoms with Crippen molar-refractivity contribution in [3.63, 3.8) is 0 Å². The lowest BCUT2D eigenvalue weighted by Crippen LogP contribution is -2.20. The second-order valence-electron chi connectivity index (χ2n) is 5.23. The van der Waals surface area contributed by atoms with E-state index in [2.05, 4.69) is 10.1 Å². The van der Waals surface area contributed by atoms with Gasteiger partial charge < -0.3 is 14.8 Å². The number of aryl methyl sites for hydroxylation is 1. The number of esters is 1. The Morgan fingerprint density at radius 2 is 1.96 bits per heavy atom. The predicted molar refractivity (Wildman–Crippen MR) is 94.7 cm³/mol. The highest BCUT2D eigenvalue weighted by atomic mass is 35.5. The maximum Gasteiger partial charge on any atom is 0.337 e. The first-order chi connectivity index (χ1) is 12.3. The van der Waals surface area contributed by atoms with Crippen molar-refractivity contribution in [1.29, 1.82) is 0 Å². The molecule has 0 saturated carbocycles. The van der Waals surface area contributed by atoms with Crippen molar-refractivity contribution in [1.82, 2.24) is 0 Å². The van der Waals surface area contributed by atoms with Crippen LogP contribution in [0.1, 0.15) is 15.9 Å². The van der Waals surface area contributed by atoms with E-state index in [1.165, 1.54) is 37.4 Å². The summed E-state index contributed by atoms with van der Waals surface area (Å²) in [6.45, 7) is 1.24. The molecule has 0 bridgehead atoms. The van der Waals surface area contributed by atoms with Gasteiger partial charge in [0.05, 0.1) is 22.6 Å². The van der Waals surface area contributed by atoms with E-state index in [-0.39, 0.29) is 34.3 Å². The molecule has 0 saturated heterocycles. The number of rotatable bonds is 6. The number of hydrogen-bond acceptors (Lipinski definition) is 6. The molecular weight excluding hydrogens is 364 g/mol. The minimum Gasteiger partial charge on any atom is -0.482 e. The van der Waals surface area contributed by atoms with Crippen LogP contribution in [0, 0.1) is 17.0 Å². The van der Waals surface area contributed by atoms with Crippen LogP contribution in [0.3, 0.4) is 0 Å². The molecule has 0 aliphatic carbocycles. The summed E-state index contributed by atoms with van der Waals surface area (Å²) in [5.74, 6) is -0.849. The van der Waals surface area contributed by atoms with Crippen molar-refractivity contribution < 1.29 is 24.0 Å². The number of carbonyl (C=O) groups is 2. The Balaban J connectivity index is 2.00. The Morgan fingerprint density at radius 3 is 2.58 bits per heavy atom. The van der Waals surface area contributed by atoms with Crippen molar-refractivity contribution in [3.05, 3.63) is 62.7 Å². The molecule has 2 aromatic carbocycles. The van der Waals surface area contributed by atoms with Gasteiger partial charge in [0.2, 0.25) is 0 Å². The lowest BCUT2D eigenvalue weighted by molar-refractivity contribution is -0.385. The molecule has 26 heavy (non-hydrogen) atoms. The van der Waals surface area contributed by atoms with Gasteiger partial charge in [-0.3, -0.25) is 14.9 Å². The fourth-order valence-electron chi connectivity index (χ4n) is 2.09. The number of ether oxygens (including phenoxy) is 2. The SMILES string of the molecule is COC(=O)c1ccc(OCC(=O)Nc2ccc(C)c([N+](=O)[O-])c2)c(Cl)c1. The number of nitro groups is 1. The number of amides is 1. The molecule has 2 aromatic rings. The monoisotopic (exact) mass is 378 g/mol. The first-order valence-corrected chi connectivity index (χ1v) is 7.75. The zero-order valence-corrected chi connectivity index (χ0v) is 14.7. The molecule has 0 spiro atoms. The molecule has 1 N–H and O–H groups in total. The number of anilines is 1. The summed E-state index contributed by atoms with van der Waals surface area (Å²) in [5, 5.41) is 13.6. The molecule has 136 valence electrons. The molecule has 0 fully saturated rings. The Kier molecular flexibility index (Phi) is 6.13. The largest absolute Gasteiger partial charge is 0.482 e. The quantitative estimate of drug-likeness (QED) is 0.469. The maximum atomic E-state index is 12.0. The second-order valence-corrected chi connectivity index (χ2v) is 5.64. The third-order valence-corrected chi connectivity index (χ3v) is 3.70. The number of methoxy groups -OCH3 is 1. The summed E-state index contributed by atoms with van der Waals surface area (Å²) in [4.78, 5) is 33.8. The molecular formula is C17H15ClN2O6. The van der Waals surface area contributed by atoms with Crippen LogP contribution >= 0.6 is 11.6 Å². The molecule has 2 rings (SSSR count). The third kappa shape index (κ3) is 4.70. The van der Waals surface area contributed by atoms with E-state index < -0.39 is 16.8 Å². The number of nitro benzene ring substituents is 1. The summed E-state index contributed by atoms with van der Waals surface area (Å²) in [7, 11) is 1.25. The third-order valence-electron chi connectivity index (χ3n) is 3.40. The molecule has 9 heteroatoms. The van der Waals surface area contributed by atoms with Gasteiger partial charge in [-0.1, -0.05) is 17.7 Å². The lowest BCUT2D eigenvalue weighted by Gasteiger charge is -2.10. The smallest absolute Gasteiger partial charge is 0.337 e. The topological polar surface area (TPSA) is 108 Å². The molecule has 0 atom stereocenters. The molecule has 0 aromatic heterocycles. The summed E-state index contributed by atoms with van der Waals surface area (Å²) in [5.41, 5.74) is 0.927. The zero-order chi connectivity index (χ0) is 19.3. The summed E-state index contributed by atoms with van der Waals surface area (Å²) < 4.78 is 9.89. The summed E-state index contributed by atoms with van der Waals surface area (Å²) in [6, 6.07) is 8.62. The van der Waals surface area contributed by atoms with E-state index in [9.17, 15) is 19.7 Å². The lowest BCUT2D eigenvalue weighted by atomic mass is 10.2. The Morgan fingerprint density at radius 1 is 1.23 bits per heavy atom. The Labute approximate surface area is 153 Å². The van der Waals surface area contributed by atoms with Gasteiger partial charge in [-0.25, -0.2) is 4.79 Å². The van der Waals surface area contributed by atoms with E-state index in [1.807, 2.05) is 0 Å². The van der Waals surface area contributed by atoms with Crippen LogP contribution < -0.4 is 10.1 Å². The van der Waals surface area contributed by atoms with Crippen LogP contribution in [0.5, 0.6) is 5.75 Å². The van der Waals surface area contributed by atoms with E-state index >= 15 is 0 Å². The van der Waals surface area contributed by atoms with Crippen LogP contribution in [0.15, 0.2) is 36.4 Å². The van der Waals surface area contributed by atoms with Gasteiger partial charge in [-0.05, 0) is 31.2 Å². The van der Waals surface area contributed by atoms with Gasteiger partial charge in [0, 0.05) is 17.3 Å². The number of nitrogens with zero attached hydrogens (tertiary/aromatic N) is 1. The van der Waals surface area contributed by atoms with E-state index in [0.29, 0.717) is 5.56 Å². The van der Waals surface area contributed by atoms with E-state index in [1.54, 1.807) is 13.0 Å². The van der Waals surface area contributed by atoms with Gasteiger partial charge in [-0.2, -0.15) is 0 Å². The molecule has 1 amide bonds. The standard InChI is InChI=1S/C17H15ClN2O6/c1-10-3-5-12(8-14(10)20(23)24)19-16(21)9-26-15-6-4-11(7-13(15)18)17(22)25-2/h3-8H,9H2,1-2H3,(H,19,21). The fraction of sp³-hybridized carbons (Fsp3) is 0.176. The van der Waals surface area contributed by atoms with Gasteiger partial charge in [0.15, 0.2) is 6.61 Å². The average molecular weight is 379 g/mol. The van der Waals surface area contributed by atoms with Crippen molar-refractivity contribution >= 4 is 34.9 Å². The van der Waals surface area contributed by atoms with Crippen molar-refractivity contribution in [2.24, 2.45) is 0 Å². The number of halogens is 1. The predicted octanol–water partition coefficient (Wildman–Crippen LogP) is 3.36. The van der Waals surface area contributed by atoms with E-state index in [4.69, 9.17) is 16.3 Å². The average Bonchev–Trinajstić information content (AvgIpc) is 2.61. The zero-order valence-electron chi connectivity index (χ0n) is 13.9. The minimum absolute atomic E-state index is 0.0924. The van der Waals surface area contributed by atoms with Crippen LogP contribution in [-0.4, -0.2) is 30.5 Å². The van der Waals surface area contributed by atoms with Gasteiger partial charge >= 0.3 is 5.97 Å².